The number of aliphatic imine (C=N–C) groups is 1. The lowest BCUT2D eigenvalue weighted by molar-refractivity contribution is -0.0613. The van der Waals surface area contributed by atoms with Crippen molar-refractivity contribution in [1.82, 2.24) is 16.2 Å². The van der Waals surface area contributed by atoms with Gasteiger partial charge in [-0.1, -0.05) is 4.48 Å². The summed E-state index contributed by atoms with van der Waals surface area (Å²) in [6.45, 7) is 0.316. The van der Waals surface area contributed by atoms with E-state index in [-0.39, 0.29) is 17.8 Å². The number of hydrazine groups is 2. The Morgan fingerprint density at radius 1 is 1.54 bits per heavy atom. The molecule has 0 saturated carbocycles. The molecule has 0 fully saturated rings. The van der Waals surface area contributed by atoms with Crippen LogP contribution in [-0.4, -0.2) is 29.4 Å². The maximum Gasteiger partial charge on any atom is 0.208 e. The van der Waals surface area contributed by atoms with Crippen molar-refractivity contribution in [3.05, 3.63) is 12.0 Å². The first kappa shape index (κ1) is 9.87. The Labute approximate surface area is 73.6 Å². The van der Waals surface area contributed by atoms with Gasteiger partial charge in [-0.15, -0.1) is 0 Å². The number of rotatable bonds is 3. The highest BCUT2D eigenvalue weighted by Crippen LogP contribution is 1.99. The standard InChI is InChI=1S/C6H10F2N4O/c7-5-4-6(9-2-1-3-13)11-12(8)10-5/h4,10,13H,1-3H2,(H,9,11). The van der Waals surface area contributed by atoms with Crippen molar-refractivity contribution in [3.63, 3.8) is 0 Å². The number of hydrogen-bond donors (Lipinski definition) is 3. The van der Waals surface area contributed by atoms with E-state index >= 15 is 0 Å². The van der Waals surface area contributed by atoms with Crippen LogP contribution in [0, 0.1) is 0 Å². The van der Waals surface area contributed by atoms with Crippen molar-refractivity contribution in [2.75, 3.05) is 13.2 Å². The summed E-state index contributed by atoms with van der Waals surface area (Å²) in [5.41, 5.74) is 3.83. The first-order valence-corrected chi connectivity index (χ1v) is 3.74. The van der Waals surface area contributed by atoms with E-state index in [1.807, 2.05) is 0 Å². The van der Waals surface area contributed by atoms with Gasteiger partial charge in [0.05, 0.1) is 0 Å². The van der Waals surface area contributed by atoms with Crippen molar-refractivity contribution in [2.45, 2.75) is 6.42 Å². The van der Waals surface area contributed by atoms with Crippen molar-refractivity contribution >= 4 is 5.84 Å². The van der Waals surface area contributed by atoms with Gasteiger partial charge >= 0.3 is 0 Å². The normalized spacial score (nSPS) is 20.8. The molecule has 0 atom stereocenters. The van der Waals surface area contributed by atoms with E-state index in [0.29, 0.717) is 13.0 Å². The van der Waals surface area contributed by atoms with Crippen molar-refractivity contribution in [3.8, 4) is 0 Å². The lowest BCUT2D eigenvalue weighted by Crippen LogP contribution is -2.47. The number of nitrogens with zero attached hydrogens (tertiary/aromatic N) is 2. The monoisotopic (exact) mass is 192 g/mol. The van der Waals surface area contributed by atoms with Crippen LogP contribution in [0.5, 0.6) is 0 Å². The fourth-order valence-corrected chi connectivity index (χ4v) is 0.758. The zero-order valence-corrected chi connectivity index (χ0v) is 6.80. The summed E-state index contributed by atoms with van der Waals surface area (Å²) >= 11 is 0. The second-order valence-corrected chi connectivity index (χ2v) is 2.34. The topological polar surface area (TPSA) is 59.9 Å². The van der Waals surface area contributed by atoms with Crippen LogP contribution in [0.4, 0.5) is 8.87 Å². The minimum absolute atomic E-state index is 0.000561. The highest BCUT2D eigenvalue weighted by Gasteiger charge is 2.13. The number of halogens is 2. The van der Waals surface area contributed by atoms with Crippen LogP contribution in [0.15, 0.2) is 17.0 Å². The first-order chi connectivity index (χ1) is 6.22. The average Bonchev–Trinajstić information content (AvgIpc) is 2.03. The molecule has 1 aliphatic heterocycles. The Hall–Kier alpha value is -1.21. The third-order valence-electron chi connectivity index (χ3n) is 1.28. The Balaban J connectivity index is 2.49. The van der Waals surface area contributed by atoms with Crippen LogP contribution in [-0.2, 0) is 0 Å². The summed E-state index contributed by atoms with van der Waals surface area (Å²) in [7, 11) is 0. The van der Waals surface area contributed by atoms with Crippen molar-refractivity contribution < 1.29 is 14.0 Å². The molecule has 0 aromatic carbocycles. The molecule has 1 aliphatic rings. The molecule has 74 valence electrons. The van der Waals surface area contributed by atoms with E-state index in [1.54, 1.807) is 5.43 Å². The van der Waals surface area contributed by atoms with Crippen LogP contribution in [0.3, 0.4) is 0 Å². The zero-order valence-electron chi connectivity index (χ0n) is 6.80. The number of aliphatic hydroxyl groups excluding tert-OH is 1. The quantitative estimate of drug-likeness (QED) is 0.329. The van der Waals surface area contributed by atoms with Gasteiger partial charge in [0.1, 0.15) is 5.84 Å². The molecule has 13 heavy (non-hydrogen) atoms. The van der Waals surface area contributed by atoms with Crippen molar-refractivity contribution in [2.24, 2.45) is 4.99 Å². The average molecular weight is 192 g/mol. The van der Waals surface area contributed by atoms with E-state index in [1.165, 1.54) is 0 Å². The third kappa shape index (κ3) is 3.34. The van der Waals surface area contributed by atoms with E-state index in [4.69, 9.17) is 5.11 Å². The molecule has 0 aromatic heterocycles. The molecule has 0 spiro atoms. The molecule has 0 radical (unpaired) electrons. The van der Waals surface area contributed by atoms with Gasteiger partial charge in [0.2, 0.25) is 5.95 Å². The Morgan fingerprint density at radius 3 is 2.92 bits per heavy atom. The molecule has 5 nitrogen and oxygen atoms in total. The molecular formula is C6H10F2N4O. The summed E-state index contributed by atoms with van der Waals surface area (Å²) in [6.07, 6.45) is 1.48. The van der Waals surface area contributed by atoms with Gasteiger partial charge in [0, 0.05) is 24.6 Å². The van der Waals surface area contributed by atoms with Crippen LogP contribution in [0.1, 0.15) is 6.42 Å². The lowest BCUT2D eigenvalue weighted by Gasteiger charge is -2.19. The first-order valence-electron chi connectivity index (χ1n) is 3.74. The third-order valence-corrected chi connectivity index (χ3v) is 1.28. The lowest BCUT2D eigenvalue weighted by atomic mass is 10.4. The predicted octanol–water partition coefficient (Wildman–Crippen LogP) is -0.213. The maximum atomic E-state index is 12.5. The van der Waals surface area contributed by atoms with Gasteiger partial charge < -0.3 is 5.11 Å². The summed E-state index contributed by atoms with van der Waals surface area (Å²) < 4.78 is 24.9. The summed E-state index contributed by atoms with van der Waals surface area (Å²) in [6, 6.07) is 0. The summed E-state index contributed by atoms with van der Waals surface area (Å²) in [5, 5.41) is 8.29. The molecular weight excluding hydrogens is 182 g/mol. The van der Waals surface area contributed by atoms with E-state index in [0.717, 1.165) is 6.08 Å². The van der Waals surface area contributed by atoms with E-state index < -0.39 is 5.95 Å². The second-order valence-electron chi connectivity index (χ2n) is 2.34. The molecule has 0 aromatic rings. The molecule has 0 saturated heterocycles. The largest absolute Gasteiger partial charge is 0.396 e. The Bertz CT molecular complexity index is 231. The molecule has 0 aliphatic carbocycles. The van der Waals surface area contributed by atoms with E-state index in [9.17, 15) is 8.87 Å². The van der Waals surface area contributed by atoms with Crippen LogP contribution in [0.2, 0.25) is 0 Å². The van der Waals surface area contributed by atoms with Crippen molar-refractivity contribution in [1.29, 1.82) is 0 Å². The Kier molecular flexibility index (Phi) is 3.59. The van der Waals surface area contributed by atoms with Gasteiger partial charge in [-0.2, -0.15) is 4.39 Å². The van der Waals surface area contributed by atoms with Gasteiger partial charge in [0.25, 0.3) is 0 Å². The molecule has 7 heteroatoms. The molecule has 0 unspecified atom stereocenters. The highest BCUT2D eigenvalue weighted by molar-refractivity contribution is 5.93. The second kappa shape index (κ2) is 4.73. The molecule has 3 N–H and O–H groups in total. The molecule has 0 amide bonds. The Morgan fingerprint density at radius 2 is 2.31 bits per heavy atom. The number of hydrogen-bond acceptors (Lipinski definition) is 4. The van der Waals surface area contributed by atoms with Crippen LogP contribution < -0.4 is 10.9 Å². The molecule has 1 rings (SSSR count). The maximum absolute atomic E-state index is 12.5. The number of nitrogens with one attached hydrogen (secondary N) is 2. The summed E-state index contributed by atoms with van der Waals surface area (Å²) in [5.74, 6) is -0.754. The fraction of sp³-hybridized carbons (Fsp3) is 0.500. The minimum Gasteiger partial charge on any atom is -0.396 e. The number of aliphatic hydroxyl groups is 1. The molecule has 0 bridgehead atoms. The SMILES string of the molecule is OCCCN=C1C=C(F)NN(F)N1. The van der Waals surface area contributed by atoms with Gasteiger partial charge in [-0.25, -0.2) is 5.43 Å². The van der Waals surface area contributed by atoms with Gasteiger partial charge in [-0.05, 0) is 6.42 Å². The zero-order chi connectivity index (χ0) is 9.68. The fourth-order valence-electron chi connectivity index (χ4n) is 0.758. The van der Waals surface area contributed by atoms with Crippen LogP contribution >= 0.6 is 0 Å². The van der Waals surface area contributed by atoms with Gasteiger partial charge in [0.15, 0.2) is 0 Å². The minimum atomic E-state index is -0.830. The molecule has 1 heterocycles. The summed E-state index contributed by atoms with van der Waals surface area (Å²) in [4.78, 5) is 3.78. The highest BCUT2D eigenvalue weighted by atomic mass is 19.2. The number of amidine groups is 1. The van der Waals surface area contributed by atoms with Crippen LogP contribution in [0.25, 0.3) is 0 Å². The van der Waals surface area contributed by atoms with Gasteiger partial charge in [-0.3, -0.25) is 10.4 Å². The van der Waals surface area contributed by atoms with E-state index in [2.05, 4.69) is 10.4 Å². The smallest absolute Gasteiger partial charge is 0.208 e. The predicted molar refractivity (Wildman–Crippen MR) is 42.4 cm³/mol.